The number of rotatable bonds is 5. The maximum absolute atomic E-state index is 2.43. The normalized spacial score (nSPS) is 11.8. The molecular weight excluding hydrogens is 661 g/mol. The van der Waals surface area contributed by atoms with E-state index in [2.05, 4.69) is 204 Å². The summed E-state index contributed by atoms with van der Waals surface area (Å²) in [5.41, 5.74) is 9.34. The summed E-state index contributed by atoms with van der Waals surface area (Å²) in [5, 5.41) is 10.1. The van der Waals surface area contributed by atoms with Crippen LogP contribution in [0.4, 0.5) is 17.1 Å². The summed E-state index contributed by atoms with van der Waals surface area (Å²) in [5.74, 6) is 0. The largest absolute Gasteiger partial charge is 0.310 e. The van der Waals surface area contributed by atoms with Gasteiger partial charge in [0.2, 0.25) is 0 Å². The van der Waals surface area contributed by atoms with Crippen molar-refractivity contribution in [1.29, 1.82) is 0 Å². The number of benzene rings is 9. The lowest BCUT2D eigenvalue weighted by Crippen LogP contribution is -2.09. The summed E-state index contributed by atoms with van der Waals surface area (Å²) in [6, 6.07) is 71.0. The number of anilines is 3. The third-order valence-corrected chi connectivity index (χ3v) is 11.9. The van der Waals surface area contributed by atoms with E-state index in [4.69, 9.17) is 0 Å². The van der Waals surface area contributed by atoms with Gasteiger partial charge in [-0.2, -0.15) is 0 Å². The fourth-order valence-corrected chi connectivity index (χ4v) is 9.34. The van der Waals surface area contributed by atoms with Gasteiger partial charge in [-0.15, -0.1) is 11.3 Å². The Bertz CT molecular complexity index is 3160. The molecule has 0 aliphatic rings. The summed E-state index contributed by atoms with van der Waals surface area (Å²) in [4.78, 5) is 2.43. The van der Waals surface area contributed by atoms with Crippen LogP contribution >= 0.6 is 11.3 Å². The highest BCUT2D eigenvalue weighted by Crippen LogP contribution is 2.45. The first-order chi connectivity index (χ1) is 26.3. The summed E-state index contributed by atoms with van der Waals surface area (Å²) in [7, 11) is 0. The van der Waals surface area contributed by atoms with Crippen LogP contribution in [0.2, 0.25) is 0 Å². The standard InChI is InChI=1S/C50H32N2S/c1-3-11-33(12-4-1)34-19-22-39(23-20-34)51(41-25-28-48-45(32-41)50-42-18-10-9-13-35(42)21-27-49(50)53-48)40-24-26-46-44(31-40)43-29-36-14-7-8-15-37(36)30-47(43)52(46)38-16-5-2-6-17-38/h1-32H. The zero-order valence-corrected chi connectivity index (χ0v) is 29.6. The highest BCUT2D eigenvalue weighted by atomic mass is 32.1. The Morgan fingerprint density at radius 3 is 1.74 bits per heavy atom. The number of fused-ring (bicyclic) bond motifs is 9. The molecule has 2 nitrogen and oxygen atoms in total. The van der Waals surface area contributed by atoms with Crippen molar-refractivity contribution >= 4 is 91.9 Å². The molecule has 248 valence electrons. The van der Waals surface area contributed by atoms with Gasteiger partial charge in [-0.1, -0.05) is 115 Å². The molecule has 0 N–H and O–H groups in total. The lowest BCUT2D eigenvalue weighted by molar-refractivity contribution is 1.18. The van der Waals surface area contributed by atoms with Crippen molar-refractivity contribution in [3.8, 4) is 16.8 Å². The van der Waals surface area contributed by atoms with E-state index < -0.39 is 0 Å². The quantitative estimate of drug-likeness (QED) is 0.174. The molecule has 2 aromatic heterocycles. The third-order valence-electron chi connectivity index (χ3n) is 10.7. The van der Waals surface area contributed by atoms with Gasteiger partial charge in [0.25, 0.3) is 0 Å². The van der Waals surface area contributed by atoms with Crippen LogP contribution in [0, 0.1) is 0 Å². The highest BCUT2D eigenvalue weighted by Gasteiger charge is 2.20. The Hall–Kier alpha value is -6.68. The number of hydrogen-bond donors (Lipinski definition) is 0. The smallest absolute Gasteiger partial charge is 0.0547 e. The first kappa shape index (κ1) is 30.0. The van der Waals surface area contributed by atoms with Gasteiger partial charge in [0.05, 0.1) is 11.0 Å². The predicted octanol–water partition coefficient (Wildman–Crippen LogP) is 14.6. The molecule has 0 bridgehead atoms. The summed E-state index contributed by atoms with van der Waals surface area (Å²) in [6.45, 7) is 0. The van der Waals surface area contributed by atoms with Gasteiger partial charge in [0.15, 0.2) is 0 Å². The number of para-hydroxylation sites is 1. The van der Waals surface area contributed by atoms with Crippen molar-refractivity contribution in [1.82, 2.24) is 4.57 Å². The van der Waals surface area contributed by atoms with Gasteiger partial charge in [0.1, 0.15) is 0 Å². The fourth-order valence-electron chi connectivity index (χ4n) is 8.24. The molecule has 11 aromatic rings. The van der Waals surface area contributed by atoms with Crippen LogP contribution in [0.15, 0.2) is 194 Å². The second kappa shape index (κ2) is 11.9. The maximum Gasteiger partial charge on any atom is 0.0547 e. The van der Waals surface area contributed by atoms with E-state index in [0.717, 1.165) is 22.7 Å². The minimum Gasteiger partial charge on any atom is -0.310 e. The molecule has 0 saturated heterocycles. The van der Waals surface area contributed by atoms with Crippen LogP contribution in [-0.2, 0) is 0 Å². The molecule has 0 atom stereocenters. The molecule has 0 fully saturated rings. The van der Waals surface area contributed by atoms with Crippen LogP contribution in [0.25, 0.3) is 80.3 Å². The van der Waals surface area contributed by atoms with Crippen LogP contribution < -0.4 is 4.90 Å². The monoisotopic (exact) mass is 692 g/mol. The van der Waals surface area contributed by atoms with Gasteiger partial charge in [0, 0.05) is 53.7 Å². The van der Waals surface area contributed by atoms with Crippen molar-refractivity contribution in [2.24, 2.45) is 0 Å². The van der Waals surface area contributed by atoms with Crippen molar-refractivity contribution in [3.63, 3.8) is 0 Å². The molecule has 2 heterocycles. The number of thiophene rings is 1. The second-order valence-electron chi connectivity index (χ2n) is 13.8. The fraction of sp³-hybridized carbons (Fsp3) is 0. The molecule has 0 spiro atoms. The van der Waals surface area contributed by atoms with Gasteiger partial charge in [-0.05, 0) is 112 Å². The Morgan fingerprint density at radius 1 is 0.358 bits per heavy atom. The van der Waals surface area contributed by atoms with E-state index in [-0.39, 0.29) is 0 Å². The zero-order valence-electron chi connectivity index (χ0n) is 28.8. The van der Waals surface area contributed by atoms with Crippen LogP contribution in [-0.4, -0.2) is 4.57 Å². The topological polar surface area (TPSA) is 8.17 Å². The first-order valence-corrected chi connectivity index (χ1v) is 18.9. The van der Waals surface area contributed by atoms with E-state index in [1.165, 1.54) is 74.6 Å². The van der Waals surface area contributed by atoms with Gasteiger partial charge >= 0.3 is 0 Å². The predicted molar refractivity (Wildman–Crippen MR) is 229 cm³/mol. The minimum atomic E-state index is 1.12. The van der Waals surface area contributed by atoms with Crippen molar-refractivity contribution in [3.05, 3.63) is 194 Å². The molecule has 0 amide bonds. The third kappa shape index (κ3) is 4.86. The molecule has 9 aromatic carbocycles. The van der Waals surface area contributed by atoms with E-state index in [1.807, 2.05) is 11.3 Å². The SMILES string of the molecule is c1ccc(-c2ccc(N(c3ccc4sc5ccc6ccccc6c5c4c3)c3ccc4c(c3)c3cc5ccccc5cc3n4-c3ccccc3)cc2)cc1. The average Bonchev–Trinajstić information content (AvgIpc) is 3.76. The molecule has 0 unspecified atom stereocenters. The van der Waals surface area contributed by atoms with Crippen molar-refractivity contribution < 1.29 is 0 Å². The number of aromatic nitrogens is 1. The Balaban J connectivity index is 1.17. The van der Waals surface area contributed by atoms with Crippen molar-refractivity contribution in [2.75, 3.05) is 4.90 Å². The highest BCUT2D eigenvalue weighted by molar-refractivity contribution is 7.26. The van der Waals surface area contributed by atoms with Crippen LogP contribution in [0.5, 0.6) is 0 Å². The van der Waals surface area contributed by atoms with E-state index >= 15 is 0 Å². The summed E-state index contributed by atoms with van der Waals surface area (Å²) in [6.07, 6.45) is 0. The molecule has 0 saturated carbocycles. The van der Waals surface area contributed by atoms with Crippen molar-refractivity contribution in [2.45, 2.75) is 0 Å². The van der Waals surface area contributed by atoms with E-state index in [9.17, 15) is 0 Å². The van der Waals surface area contributed by atoms with E-state index in [1.54, 1.807) is 0 Å². The molecule has 0 aliphatic heterocycles. The molecule has 0 aliphatic carbocycles. The van der Waals surface area contributed by atoms with Gasteiger partial charge < -0.3 is 9.47 Å². The zero-order chi connectivity index (χ0) is 34.9. The number of hydrogen-bond acceptors (Lipinski definition) is 2. The molecule has 0 radical (unpaired) electrons. The van der Waals surface area contributed by atoms with Gasteiger partial charge in [-0.3, -0.25) is 0 Å². The molecular formula is C50H32N2S. The summed E-state index contributed by atoms with van der Waals surface area (Å²) >= 11 is 1.87. The van der Waals surface area contributed by atoms with Crippen LogP contribution in [0.1, 0.15) is 0 Å². The molecule has 11 rings (SSSR count). The first-order valence-electron chi connectivity index (χ1n) is 18.1. The average molecular weight is 693 g/mol. The number of nitrogens with zero attached hydrogens (tertiary/aromatic N) is 2. The van der Waals surface area contributed by atoms with E-state index in [0.29, 0.717) is 0 Å². The minimum absolute atomic E-state index is 1.12. The lowest BCUT2D eigenvalue weighted by atomic mass is 10.0. The Labute approximate surface area is 311 Å². The van der Waals surface area contributed by atoms with Gasteiger partial charge in [-0.25, -0.2) is 0 Å². The Morgan fingerprint density at radius 2 is 0.943 bits per heavy atom. The maximum atomic E-state index is 2.43. The molecule has 3 heteroatoms. The Kier molecular flexibility index (Phi) is 6.76. The van der Waals surface area contributed by atoms with Crippen LogP contribution in [0.3, 0.4) is 0 Å². The molecule has 53 heavy (non-hydrogen) atoms. The summed E-state index contributed by atoms with van der Waals surface area (Å²) < 4.78 is 5.03. The lowest BCUT2D eigenvalue weighted by Gasteiger charge is -2.26. The second-order valence-corrected chi connectivity index (χ2v) is 14.9.